The molecule has 1 amide bonds. The number of nitrogens with one attached hydrogen (secondary N) is 1. The minimum absolute atomic E-state index is 0.0169. The molecule has 126 valence electrons. The number of halogens is 2. The molecule has 1 atom stereocenters. The van der Waals surface area contributed by atoms with Gasteiger partial charge in [0.2, 0.25) is 5.91 Å². The Hall–Kier alpha value is -1.50. The average Bonchev–Trinajstić information content (AvgIpc) is 3.06. The van der Waals surface area contributed by atoms with Crippen LogP contribution in [0.4, 0.5) is 8.78 Å². The van der Waals surface area contributed by atoms with Crippen LogP contribution < -0.4 is 5.32 Å². The van der Waals surface area contributed by atoms with E-state index in [1.807, 2.05) is 0 Å². The summed E-state index contributed by atoms with van der Waals surface area (Å²) in [6, 6.07) is 3.38. The number of rotatable bonds is 3. The van der Waals surface area contributed by atoms with Crippen molar-refractivity contribution >= 4 is 15.7 Å². The molecule has 1 aliphatic heterocycles. The number of hydrogen-bond acceptors (Lipinski definition) is 3. The van der Waals surface area contributed by atoms with E-state index in [1.165, 1.54) is 12.1 Å². The third kappa shape index (κ3) is 3.24. The predicted octanol–water partition coefficient (Wildman–Crippen LogP) is 2.29. The summed E-state index contributed by atoms with van der Waals surface area (Å²) in [6.07, 6.45) is 3.11. The van der Waals surface area contributed by atoms with Crippen LogP contribution in [0.25, 0.3) is 0 Å². The van der Waals surface area contributed by atoms with Gasteiger partial charge in [0.05, 0.1) is 23.0 Å². The molecular formula is C16H19F2NO3S. The first-order chi connectivity index (χ1) is 10.8. The summed E-state index contributed by atoms with van der Waals surface area (Å²) in [7, 11) is -3.16. The van der Waals surface area contributed by atoms with Gasteiger partial charge >= 0.3 is 0 Å². The first-order valence-corrected chi connectivity index (χ1v) is 9.61. The van der Waals surface area contributed by atoms with Gasteiger partial charge in [-0.05, 0) is 25.3 Å². The maximum Gasteiger partial charge on any atom is 0.224 e. The highest BCUT2D eigenvalue weighted by atomic mass is 32.2. The molecule has 1 saturated heterocycles. The Morgan fingerprint density at radius 1 is 1.22 bits per heavy atom. The first kappa shape index (κ1) is 16.4. The summed E-state index contributed by atoms with van der Waals surface area (Å²) in [5.41, 5.74) is -0.577. The van der Waals surface area contributed by atoms with Crippen LogP contribution in [0.15, 0.2) is 18.2 Å². The molecule has 1 aromatic carbocycles. The lowest BCUT2D eigenvalue weighted by atomic mass is 9.87. The van der Waals surface area contributed by atoms with Crippen LogP contribution in [0.2, 0.25) is 0 Å². The average molecular weight is 343 g/mol. The van der Waals surface area contributed by atoms with E-state index in [9.17, 15) is 22.0 Å². The maximum absolute atomic E-state index is 14.2. The van der Waals surface area contributed by atoms with Crippen LogP contribution in [0.5, 0.6) is 0 Å². The molecule has 1 unspecified atom stereocenters. The minimum atomic E-state index is -3.16. The highest BCUT2D eigenvalue weighted by Crippen LogP contribution is 2.40. The second-order valence-corrected chi connectivity index (χ2v) is 8.73. The van der Waals surface area contributed by atoms with E-state index < -0.39 is 32.9 Å². The van der Waals surface area contributed by atoms with Gasteiger partial charge in [0.15, 0.2) is 9.84 Å². The van der Waals surface area contributed by atoms with Gasteiger partial charge in [-0.1, -0.05) is 18.9 Å². The van der Waals surface area contributed by atoms with Crippen LogP contribution in [-0.2, 0) is 20.2 Å². The Morgan fingerprint density at radius 2 is 1.91 bits per heavy atom. The molecule has 7 heteroatoms. The Morgan fingerprint density at radius 3 is 2.48 bits per heavy atom. The first-order valence-electron chi connectivity index (χ1n) is 7.79. The lowest BCUT2D eigenvalue weighted by Crippen LogP contribution is -2.47. The van der Waals surface area contributed by atoms with E-state index in [-0.39, 0.29) is 23.0 Å². The summed E-state index contributed by atoms with van der Waals surface area (Å²) >= 11 is 0. The van der Waals surface area contributed by atoms with E-state index in [0.717, 1.165) is 18.9 Å². The second-order valence-electron chi connectivity index (χ2n) is 6.50. The van der Waals surface area contributed by atoms with E-state index in [0.29, 0.717) is 19.3 Å². The molecule has 1 aliphatic carbocycles. The number of amides is 1. The third-order valence-corrected chi connectivity index (χ3v) is 6.64. The number of benzene rings is 1. The van der Waals surface area contributed by atoms with Crippen LogP contribution in [0, 0.1) is 17.6 Å². The molecule has 0 bridgehead atoms. The molecule has 0 aromatic heterocycles. The summed E-state index contributed by atoms with van der Waals surface area (Å²) in [6.45, 7) is 0. The van der Waals surface area contributed by atoms with E-state index in [1.54, 1.807) is 0 Å². The summed E-state index contributed by atoms with van der Waals surface area (Å²) in [4.78, 5) is 12.5. The molecule has 3 rings (SSSR count). The van der Waals surface area contributed by atoms with Crippen molar-refractivity contribution in [1.29, 1.82) is 0 Å². The highest BCUT2D eigenvalue weighted by molar-refractivity contribution is 7.91. The van der Waals surface area contributed by atoms with Gasteiger partial charge in [-0.25, -0.2) is 17.2 Å². The summed E-state index contributed by atoms with van der Waals surface area (Å²) in [5.74, 6) is -2.40. The van der Waals surface area contributed by atoms with Crippen molar-refractivity contribution in [1.82, 2.24) is 5.32 Å². The minimum Gasteiger partial charge on any atom is -0.346 e. The maximum atomic E-state index is 14.2. The van der Waals surface area contributed by atoms with Crippen molar-refractivity contribution in [2.45, 2.75) is 37.6 Å². The monoisotopic (exact) mass is 343 g/mol. The number of sulfone groups is 1. The molecule has 0 radical (unpaired) electrons. The van der Waals surface area contributed by atoms with Gasteiger partial charge in [-0.15, -0.1) is 0 Å². The molecule has 1 N–H and O–H groups in total. The number of carbonyl (C=O) groups excluding carboxylic acids is 1. The van der Waals surface area contributed by atoms with Gasteiger partial charge in [0.25, 0.3) is 0 Å². The van der Waals surface area contributed by atoms with Crippen molar-refractivity contribution in [3.63, 3.8) is 0 Å². The fraction of sp³-hybridized carbons (Fsp3) is 0.562. The topological polar surface area (TPSA) is 63.2 Å². The van der Waals surface area contributed by atoms with E-state index in [2.05, 4.69) is 5.32 Å². The molecule has 23 heavy (non-hydrogen) atoms. The van der Waals surface area contributed by atoms with Crippen molar-refractivity contribution in [2.75, 3.05) is 11.5 Å². The van der Waals surface area contributed by atoms with Crippen LogP contribution in [-0.4, -0.2) is 25.8 Å². The smallest absolute Gasteiger partial charge is 0.224 e. The number of hydrogen-bond donors (Lipinski definition) is 1. The van der Waals surface area contributed by atoms with Crippen molar-refractivity contribution < 1.29 is 22.0 Å². The summed E-state index contributed by atoms with van der Waals surface area (Å²) < 4.78 is 50.5. The van der Waals surface area contributed by atoms with Gasteiger partial charge in [-0.2, -0.15) is 0 Å². The lowest BCUT2D eigenvalue weighted by molar-refractivity contribution is -0.126. The Balaban J connectivity index is 1.86. The molecular weight excluding hydrogens is 324 g/mol. The van der Waals surface area contributed by atoms with Crippen LogP contribution >= 0.6 is 0 Å². The molecule has 1 aromatic rings. The third-order valence-electron chi connectivity index (χ3n) is 4.87. The quantitative estimate of drug-likeness (QED) is 0.916. The Kier molecular flexibility index (Phi) is 4.16. The molecule has 2 aliphatic rings. The van der Waals surface area contributed by atoms with Gasteiger partial charge in [-0.3, -0.25) is 4.79 Å². The lowest BCUT2D eigenvalue weighted by Gasteiger charge is -2.32. The van der Waals surface area contributed by atoms with Gasteiger partial charge in [0.1, 0.15) is 11.6 Å². The zero-order valence-corrected chi connectivity index (χ0v) is 13.5. The SMILES string of the molecule is O=C(NC1(c2ccc(F)cc2F)CCCC1)C1CCS(=O)(=O)C1. The zero-order valence-electron chi connectivity index (χ0n) is 12.6. The fourth-order valence-electron chi connectivity index (χ4n) is 3.66. The standard InChI is InChI=1S/C16H19F2NO3S/c17-12-3-4-13(14(18)9-12)16(6-1-2-7-16)19-15(20)11-5-8-23(21,22)10-11/h3-4,9,11H,1-2,5-8,10H2,(H,19,20). The molecule has 4 nitrogen and oxygen atoms in total. The molecule has 1 saturated carbocycles. The zero-order chi connectivity index (χ0) is 16.7. The van der Waals surface area contributed by atoms with Crippen molar-refractivity contribution in [3.8, 4) is 0 Å². The fourth-order valence-corrected chi connectivity index (χ4v) is 5.40. The van der Waals surface area contributed by atoms with Gasteiger partial charge in [0, 0.05) is 11.6 Å². The highest BCUT2D eigenvalue weighted by Gasteiger charge is 2.42. The summed E-state index contributed by atoms with van der Waals surface area (Å²) in [5, 5.41) is 2.88. The molecule has 1 heterocycles. The van der Waals surface area contributed by atoms with Crippen molar-refractivity contribution in [3.05, 3.63) is 35.4 Å². The molecule has 2 fully saturated rings. The Labute approximate surface area is 134 Å². The van der Waals surface area contributed by atoms with Crippen LogP contribution in [0.1, 0.15) is 37.7 Å². The van der Waals surface area contributed by atoms with Crippen molar-refractivity contribution in [2.24, 2.45) is 5.92 Å². The predicted molar refractivity (Wildman–Crippen MR) is 81.4 cm³/mol. The van der Waals surface area contributed by atoms with Gasteiger partial charge < -0.3 is 5.32 Å². The van der Waals surface area contributed by atoms with Crippen LogP contribution in [0.3, 0.4) is 0 Å². The Bertz CT molecular complexity index is 727. The molecule has 0 spiro atoms. The number of carbonyl (C=O) groups is 1. The largest absolute Gasteiger partial charge is 0.346 e. The van der Waals surface area contributed by atoms with E-state index >= 15 is 0 Å². The van der Waals surface area contributed by atoms with E-state index in [4.69, 9.17) is 0 Å². The normalized spacial score (nSPS) is 25.4. The second kappa shape index (κ2) is 5.85.